The van der Waals surface area contributed by atoms with Crippen molar-refractivity contribution in [1.82, 2.24) is 10.2 Å². The van der Waals surface area contributed by atoms with Crippen LogP contribution in [0.2, 0.25) is 0 Å². The number of nitro groups is 1. The molecule has 0 unspecified atom stereocenters. The van der Waals surface area contributed by atoms with E-state index in [4.69, 9.17) is 0 Å². The van der Waals surface area contributed by atoms with Crippen LogP contribution in [0.1, 0.15) is 42.5 Å². The zero-order chi connectivity index (χ0) is 22.7. The molecule has 2 aliphatic rings. The maximum atomic E-state index is 13.5. The van der Waals surface area contributed by atoms with Crippen LogP contribution in [-0.2, 0) is 9.59 Å². The smallest absolute Gasteiger partial charge is 0.269 e. The summed E-state index contributed by atoms with van der Waals surface area (Å²) in [7, 11) is 0. The number of nitrogens with one attached hydrogen (secondary N) is 2. The first-order valence-corrected chi connectivity index (χ1v) is 10.7. The van der Waals surface area contributed by atoms with Crippen LogP contribution in [0.4, 0.5) is 11.4 Å². The van der Waals surface area contributed by atoms with E-state index in [0.29, 0.717) is 5.69 Å². The molecule has 166 valence electrons. The maximum Gasteiger partial charge on any atom is 0.269 e. The van der Waals surface area contributed by atoms with Crippen LogP contribution in [-0.4, -0.2) is 45.7 Å². The van der Waals surface area contributed by atoms with Gasteiger partial charge >= 0.3 is 0 Å². The molecule has 2 aromatic rings. The second-order valence-electron chi connectivity index (χ2n) is 8.12. The van der Waals surface area contributed by atoms with Crippen LogP contribution in [0.15, 0.2) is 54.6 Å². The molecule has 1 saturated heterocycles. The first-order chi connectivity index (χ1) is 15.4. The van der Waals surface area contributed by atoms with E-state index in [-0.39, 0.29) is 41.6 Å². The molecule has 0 bridgehead atoms. The van der Waals surface area contributed by atoms with Gasteiger partial charge < -0.3 is 15.5 Å². The lowest BCUT2D eigenvalue weighted by molar-refractivity contribution is -0.384. The number of hydrogen-bond acceptors (Lipinski definition) is 5. The molecule has 2 aromatic carbocycles. The van der Waals surface area contributed by atoms with Crippen LogP contribution in [0, 0.1) is 10.1 Å². The predicted octanol–water partition coefficient (Wildman–Crippen LogP) is 2.88. The Morgan fingerprint density at radius 3 is 2.44 bits per heavy atom. The molecule has 3 atom stereocenters. The van der Waals surface area contributed by atoms with E-state index in [1.807, 2.05) is 6.07 Å². The van der Waals surface area contributed by atoms with Crippen molar-refractivity contribution in [3.8, 4) is 0 Å². The number of nitro benzene ring substituents is 1. The molecule has 0 spiro atoms. The Morgan fingerprint density at radius 2 is 1.75 bits per heavy atom. The number of nitrogens with zero attached hydrogens (tertiary/aromatic N) is 2. The number of carbonyl (C=O) groups is 3. The third kappa shape index (κ3) is 4.46. The summed E-state index contributed by atoms with van der Waals surface area (Å²) in [4.78, 5) is 51.1. The van der Waals surface area contributed by atoms with Gasteiger partial charge in [0, 0.05) is 29.4 Å². The highest BCUT2D eigenvalue weighted by Gasteiger charge is 2.46. The molecule has 9 heteroatoms. The summed E-state index contributed by atoms with van der Waals surface area (Å²) in [5, 5.41) is 16.7. The van der Waals surface area contributed by atoms with Crippen molar-refractivity contribution in [2.75, 3.05) is 5.32 Å². The standard InChI is InChI=1S/C23H24N4O5/c28-21(24-16-6-2-1-3-7-16)14-20-22(29)25-18-8-4-5-9-19(18)26(20)23(30)15-10-12-17(13-11-15)27(31)32/h1-3,6-7,10-13,18-20H,4-5,8-9,14H2,(H,24,28)(H,25,29)/t18-,19+,20+/m0/s1. The topological polar surface area (TPSA) is 122 Å². The van der Waals surface area contributed by atoms with Gasteiger partial charge in [0.05, 0.1) is 17.4 Å². The lowest BCUT2D eigenvalue weighted by Crippen LogP contribution is -2.68. The molecule has 1 aliphatic carbocycles. The van der Waals surface area contributed by atoms with Crippen LogP contribution >= 0.6 is 0 Å². The molecule has 3 amide bonds. The number of hydrogen-bond donors (Lipinski definition) is 2. The fourth-order valence-corrected chi connectivity index (χ4v) is 4.52. The lowest BCUT2D eigenvalue weighted by atomic mass is 9.84. The summed E-state index contributed by atoms with van der Waals surface area (Å²) in [5.41, 5.74) is 0.743. The summed E-state index contributed by atoms with van der Waals surface area (Å²) < 4.78 is 0. The van der Waals surface area contributed by atoms with Crippen molar-refractivity contribution in [2.45, 2.75) is 50.2 Å². The third-order valence-electron chi connectivity index (χ3n) is 6.05. The molecule has 32 heavy (non-hydrogen) atoms. The summed E-state index contributed by atoms with van der Waals surface area (Å²) >= 11 is 0. The molecule has 1 aliphatic heterocycles. The predicted molar refractivity (Wildman–Crippen MR) is 117 cm³/mol. The molecule has 0 radical (unpaired) electrons. The van der Waals surface area contributed by atoms with E-state index < -0.39 is 16.9 Å². The molecular weight excluding hydrogens is 412 g/mol. The Labute approximate surface area is 184 Å². The normalized spacial score (nSPS) is 22.4. The van der Waals surface area contributed by atoms with Gasteiger partial charge in [0.2, 0.25) is 11.8 Å². The number of amides is 3. The van der Waals surface area contributed by atoms with Crippen molar-refractivity contribution in [2.24, 2.45) is 0 Å². The lowest BCUT2D eigenvalue weighted by Gasteiger charge is -2.48. The summed E-state index contributed by atoms with van der Waals surface area (Å²) in [6.07, 6.45) is 3.19. The maximum absolute atomic E-state index is 13.5. The Balaban J connectivity index is 1.60. The molecular formula is C23H24N4O5. The van der Waals surface area contributed by atoms with Gasteiger partial charge in [-0.1, -0.05) is 31.0 Å². The van der Waals surface area contributed by atoms with Crippen LogP contribution in [0.25, 0.3) is 0 Å². The summed E-state index contributed by atoms with van der Waals surface area (Å²) in [6.45, 7) is 0. The fourth-order valence-electron chi connectivity index (χ4n) is 4.52. The second-order valence-corrected chi connectivity index (χ2v) is 8.12. The van der Waals surface area contributed by atoms with E-state index in [1.54, 1.807) is 24.3 Å². The van der Waals surface area contributed by atoms with Crippen LogP contribution < -0.4 is 10.6 Å². The second kappa shape index (κ2) is 9.17. The van der Waals surface area contributed by atoms with Crippen molar-refractivity contribution in [3.63, 3.8) is 0 Å². The highest BCUT2D eigenvalue weighted by Crippen LogP contribution is 2.31. The van der Waals surface area contributed by atoms with Gasteiger partial charge in [0.15, 0.2) is 0 Å². The Morgan fingerprint density at radius 1 is 1.06 bits per heavy atom. The van der Waals surface area contributed by atoms with Gasteiger partial charge in [-0.15, -0.1) is 0 Å². The fraction of sp³-hybridized carbons (Fsp3) is 0.348. The SMILES string of the molecule is O=C(C[C@@H]1C(=O)N[C@H]2CCCC[C@H]2N1C(=O)c1ccc([N+](=O)[O-])cc1)Nc1ccccc1. The summed E-state index contributed by atoms with van der Waals surface area (Å²) in [5.74, 6) is -1.12. The van der Waals surface area contributed by atoms with Crippen molar-refractivity contribution < 1.29 is 19.3 Å². The van der Waals surface area contributed by atoms with E-state index in [2.05, 4.69) is 10.6 Å². The average Bonchev–Trinajstić information content (AvgIpc) is 2.80. The highest BCUT2D eigenvalue weighted by molar-refractivity contribution is 6.01. The minimum atomic E-state index is -0.958. The summed E-state index contributed by atoms with van der Waals surface area (Å²) in [6, 6.07) is 12.9. The van der Waals surface area contributed by atoms with Crippen molar-refractivity contribution >= 4 is 29.1 Å². The van der Waals surface area contributed by atoms with Gasteiger partial charge in [0.25, 0.3) is 11.6 Å². The minimum absolute atomic E-state index is 0.118. The molecule has 1 heterocycles. The van der Waals surface area contributed by atoms with E-state index in [9.17, 15) is 24.5 Å². The number of benzene rings is 2. The highest BCUT2D eigenvalue weighted by atomic mass is 16.6. The monoisotopic (exact) mass is 436 g/mol. The number of piperazine rings is 1. The molecule has 2 N–H and O–H groups in total. The van der Waals surface area contributed by atoms with Crippen LogP contribution in [0.3, 0.4) is 0 Å². The van der Waals surface area contributed by atoms with E-state index in [1.165, 1.54) is 29.2 Å². The Hall–Kier alpha value is -3.75. The van der Waals surface area contributed by atoms with Gasteiger partial charge in [-0.3, -0.25) is 24.5 Å². The number of anilines is 1. The molecule has 4 rings (SSSR count). The van der Waals surface area contributed by atoms with Gasteiger partial charge in [-0.2, -0.15) is 0 Å². The first kappa shape index (κ1) is 21.5. The zero-order valence-corrected chi connectivity index (χ0v) is 17.4. The van der Waals surface area contributed by atoms with Crippen LogP contribution in [0.5, 0.6) is 0 Å². The quantitative estimate of drug-likeness (QED) is 0.551. The minimum Gasteiger partial charge on any atom is -0.349 e. The molecule has 9 nitrogen and oxygen atoms in total. The number of fused-ring (bicyclic) bond motifs is 1. The van der Waals surface area contributed by atoms with Crippen molar-refractivity contribution in [3.05, 3.63) is 70.3 Å². The number of carbonyl (C=O) groups excluding carboxylic acids is 3. The molecule has 0 aromatic heterocycles. The molecule has 2 fully saturated rings. The van der Waals surface area contributed by atoms with Gasteiger partial charge in [0.1, 0.15) is 6.04 Å². The average molecular weight is 436 g/mol. The van der Waals surface area contributed by atoms with Crippen molar-refractivity contribution in [1.29, 1.82) is 0 Å². The van der Waals surface area contributed by atoms with Gasteiger partial charge in [-0.05, 0) is 37.1 Å². The number of non-ortho nitro benzene ring substituents is 1. The van der Waals surface area contributed by atoms with E-state index >= 15 is 0 Å². The zero-order valence-electron chi connectivity index (χ0n) is 17.4. The number of para-hydroxylation sites is 1. The molecule has 1 saturated carbocycles. The largest absolute Gasteiger partial charge is 0.349 e. The Kier molecular flexibility index (Phi) is 6.16. The Bertz CT molecular complexity index is 1020. The first-order valence-electron chi connectivity index (χ1n) is 10.7. The number of rotatable bonds is 5. The van der Waals surface area contributed by atoms with Gasteiger partial charge in [-0.25, -0.2) is 0 Å². The third-order valence-corrected chi connectivity index (χ3v) is 6.05. The van der Waals surface area contributed by atoms with E-state index in [0.717, 1.165) is 25.7 Å².